The molecular formula is C18H22BBrN4O9S. The minimum atomic E-state index is -2.13. The van der Waals surface area contributed by atoms with Crippen LogP contribution in [0.1, 0.15) is 35.5 Å². The maximum atomic E-state index is 12.9. The highest BCUT2D eigenvalue weighted by molar-refractivity contribution is 8.93. The molecule has 0 spiro atoms. The Bertz CT molecular complexity index is 1090. The number of carbonyl (C=O) groups is 3. The van der Waals surface area contributed by atoms with Crippen molar-refractivity contribution in [3.63, 3.8) is 0 Å². The number of para-hydroxylation sites is 1. The van der Waals surface area contributed by atoms with Gasteiger partial charge in [0.25, 0.3) is 5.91 Å². The van der Waals surface area contributed by atoms with Crippen molar-refractivity contribution in [2.24, 2.45) is 5.16 Å². The van der Waals surface area contributed by atoms with Gasteiger partial charge in [-0.25, -0.2) is 14.6 Å². The van der Waals surface area contributed by atoms with E-state index in [2.05, 4.69) is 15.5 Å². The van der Waals surface area contributed by atoms with E-state index in [1.165, 1.54) is 31.4 Å². The van der Waals surface area contributed by atoms with E-state index < -0.39 is 53.5 Å². The van der Waals surface area contributed by atoms with Crippen LogP contribution in [0.4, 0.5) is 5.13 Å². The number of phenols is 1. The molecule has 2 aromatic rings. The van der Waals surface area contributed by atoms with Crippen LogP contribution < -0.4 is 11.1 Å². The predicted molar refractivity (Wildman–Crippen MR) is 127 cm³/mol. The molecule has 0 aliphatic carbocycles. The summed E-state index contributed by atoms with van der Waals surface area (Å²) in [6.07, 6.45) is -0.371. The Hall–Kier alpha value is -3.21. The minimum absolute atomic E-state index is 0. The number of nitrogen functional groups attached to an aromatic ring is 1. The number of halogens is 1. The number of aromatic nitrogens is 1. The van der Waals surface area contributed by atoms with E-state index in [4.69, 9.17) is 15.7 Å². The van der Waals surface area contributed by atoms with Crippen molar-refractivity contribution >= 4 is 64.1 Å². The number of aromatic carboxylic acids is 1. The number of aromatic hydroxyl groups is 1. The quantitative estimate of drug-likeness (QED) is 0.116. The van der Waals surface area contributed by atoms with E-state index in [-0.39, 0.29) is 39.8 Å². The standard InChI is InChI=1S/C18H21BN4O9S.BrH/c1-18(2,16(28)29)32-23-12(10-7-33-17(20)21-10)14(25)22-11(19(30)31)6-8-4-3-5-9(13(8)24)15(26)27;/h3-5,7,11,24,30-31H,6H2,1-2H3,(H2,20,21)(H,22,25)(H,26,27)(H,28,29);1H/t11-;/m0./s1. The van der Waals surface area contributed by atoms with Gasteiger partial charge in [0.2, 0.25) is 5.60 Å². The number of nitrogens with zero attached hydrogens (tertiary/aromatic N) is 2. The van der Waals surface area contributed by atoms with Crippen LogP contribution >= 0.6 is 28.3 Å². The first-order valence-electron chi connectivity index (χ1n) is 9.25. The van der Waals surface area contributed by atoms with Crippen molar-refractivity contribution in [2.75, 3.05) is 5.73 Å². The number of benzene rings is 1. The number of anilines is 1. The van der Waals surface area contributed by atoms with Gasteiger partial charge in [0.05, 0.1) is 5.94 Å². The summed E-state index contributed by atoms with van der Waals surface area (Å²) in [6, 6.07) is 3.84. The Morgan fingerprint density at radius 1 is 1.29 bits per heavy atom. The number of aliphatic carboxylic acids is 1. The van der Waals surface area contributed by atoms with E-state index in [9.17, 15) is 34.6 Å². The first-order valence-corrected chi connectivity index (χ1v) is 10.1. The monoisotopic (exact) mass is 560 g/mol. The van der Waals surface area contributed by atoms with Gasteiger partial charge in [0.15, 0.2) is 10.8 Å². The third-order valence-corrected chi connectivity index (χ3v) is 5.00. The molecule has 13 nitrogen and oxygen atoms in total. The molecule has 0 aliphatic heterocycles. The average molecular weight is 561 g/mol. The molecular weight excluding hydrogens is 539 g/mol. The zero-order chi connectivity index (χ0) is 24.9. The molecule has 1 heterocycles. The molecule has 16 heteroatoms. The third-order valence-electron chi connectivity index (χ3n) is 4.33. The van der Waals surface area contributed by atoms with Crippen molar-refractivity contribution in [3.8, 4) is 5.75 Å². The molecule has 0 saturated carbocycles. The average Bonchev–Trinajstić information content (AvgIpc) is 3.14. The predicted octanol–water partition coefficient (Wildman–Crippen LogP) is 0.0304. The van der Waals surface area contributed by atoms with E-state index in [0.717, 1.165) is 17.4 Å². The Kier molecular flexibility index (Phi) is 9.99. The van der Waals surface area contributed by atoms with Gasteiger partial charge in [-0.2, -0.15) is 0 Å². The molecule has 1 aromatic carbocycles. The summed E-state index contributed by atoms with van der Waals surface area (Å²) in [4.78, 5) is 44.2. The number of rotatable bonds is 10. The Labute approximate surface area is 207 Å². The second-order valence-corrected chi connectivity index (χ2v) is 8.12. The number of carboxylic acids is 2. The van der Waals surface area contributed by atoms with Crippen molar-refractivity contribution in [1.29, 1.82) is 0 Å². The van der Waals surface area contributed by atoms with Crippen LogP contribution in [0.2, 0.25) is 0 Å². The first kappa shape index (κ1) is 28.8. The topological polar surface area (TPSA) is 225 Å². The fourth-order valence-electron chi connectivity index (χ4n) is 2.43. The summed E-state index contributed by atoms with van der Waals surface area (Å²) in [5, 5.41) is 55.3. The summed E-state index contributed by atoms with van der Waals surface area (Å²) < 4.78 is 0. The third kappa shape index (κ3) is 7.15. The summed E-state index contributed by atoms with van der Waals surface area (Å²) >= 11 is 0.970. The van der Waals surface area contributed by atoms with E-state index in [1.807, 2.05) is 0 Å². The largest absolute Gasteiger partial charge is 0.507 e. The number of oxime groups is 1. The lowest BCUT2D eigenvalue weighted by Gasteiger charge is -2.20. The molecule has 0 radical (unpaired) electrons. The molecule has 2 rings (SSSR count). The summed E-state index contributed by atoms with van der Waals surface area (Å²) in [7, 11) is -2.13. The van der Waals surface area contributed by atoms with Gasteiger partial charge < -0.3 is 41.3 Å². The van der Waals surface area contributed by atoms with E-state index in [1.54, 1.807) is 0 Å². The fraction of sp³-hybridized carbons (Fsp3) is 0.278. The molecule has 0 unspecified atom stereocenters. The Morgan fingerprint density at radius 3 is 2.44 bits per heavy atom. The van der Waals surface area contributed by atoms with E-state index in [0.29, 0.717) is 0 Å². The number of hydrogen-bond donors (Lipinski definition) is 7. The molecule has 1 amide bonds. The highest BCUT2D eigenvalue weighted by Gasteiger charge is 2.33. The van der Waals surface area contributed by atoms with Gasteiger partial charge in [0, 0.05) is 5.38 Å². The van der Waals surface area contributed by atoms with Crippen molar-refractivity contribution in [3.05, 3.63) is 40.4 Å². The lowest BCUT2D eigenvalue weighted by molar-refractivity contribution is -0.161. The number of nitrogens with one attached hydrogen (secondary N) is 1. The number of hydrogen-bond acceptors (Lipinski definition) is 11. The number of nitrogens with two attached hydrogens (primary N) is 1. The van der Waals surface area contributed by atoms with Crippen LogP contribution in [0, 0.1) is 0 Å². The summed E-state index contributed by atoms with van der Waals surface area (Å²) in [5.41, 5.74) is 2.85. The van der Waals surface area contributed by atoms with Gasteiger partial charge in [-0.05, 0) is 31.9 Å². The van der Waals surface area contributed by atoms with Crippen molar-refractivity contribution in [1.82, 2.24) is 10.3 Å². The second kappa shape index (κ2) is 11.8. The lowest BCUT2D eigenvalue weighted by Crippen LogP contribution is -2.50. The van der Waals surface area contributed by atoms with Crippen LogP contribution in [-0.2, 0) is 20.8 Å². The van der Waals surface area contributed by atoms with Crippen molar-refractivity contribution in [2.45, 2.75) is 31.8 Å². The maximum absolute atomic E-state index is 12.9. The van der Waals surface area contributed by atoms with Gasteiger partial charge in [-0.3, -0.25) is 4.79 Å². The van der Waals surface area contributed by atoms with Gasteiger partial charge in [-0.15, -0.1) is 28.3 Å². The number of amides is 1. The molecule has 184 valence electrons. The smallest absolute Gasteiger partial charge is 0.475 e. The maximum Gasteiger partial charge on any atom is 0.475 e. The van der Waals surface area contributed by atoms with Gasteiger partial charge >= 0.3 is 19.1 Å². The van der Waals surface area contributed by atoms with Crippen molar-refractivity contribution < 1.29 is 44.6 Å². The zero-order valence-corrected chi connectivity index (χ0v) is 20.4. The van der Waals surface area contributed by atoms with E-state index >= 15 is 0 Å². The van der Waals surface area contributed by atoms with Crippen LogP contribution in [0.15, 0.2) is 28.7 Å². The number of carboxylic acid groups (broad SMARTS) is 2. The zero-order valence-electron chi connectivity index (χ0n) is 17.8. The molecule has 34 heavy (non-hydrogen) atoms. The number of thiazole rings is 1. The normalized spacial score (nSPS) is 12.3. The van der Waals surface area contributed by atoms with Crippen LogP contribution in [0.3, 0.4) is 0 Å². The van der Waals surface area contributed by atoms with Gasteiger partial charge in [-0.1, -0.05) is 17.3 Å². The molecule has 1 atom stereocenters. The Morgan fingerprint density at radius 2 is 1.94 bits per heavy atom. The number of carbonyl (C=O) groups excluding carboxylic acids is 1. The fourth-order valence-corrected chi connectivity index (χ4v) is 2.98. The molecule has 0 saturated heterocycles. The highest BCUT2D eigenvalue weighted by atomic mass is 79.9. The van der Waals surface area contributed by atoms with Crippen LogP contribution in [-0.4, -0.2) is 72.6 Å². The lowest BCUT2D eigenvalue weighted by atomic mass is 9.75. The molecule has 1 aromatic heterocycles. The second-order valence-electron chi connectivity index (χ2n) is 7.23. The minimum Gasteiger partial charge on any atom is -0.507 e. The van der Waals surface area contributed by atoms with Gasteiger partial charge in [0.1, 0.15) is 17.0 Å². The van der Waals surface area contributed by atoms with Crippen LogP contribution in [0.25, 0.3) is 0 Å². The van der Waals surface area contributed by atoms with Crippen LogP contribution in [0.5, 0.6) is 5.75 Å². The molecule has 0 fully saturated rings. The molecule has 0 aliphatic rings. The first-order chi connectivity index (χ1) is 15.3. The molecule has 0 bridgehead atoms. The SMILES string of the molecule is Br.CC(C)(ON=C(C(=O)N[C@@H](Cc1cccc(C(=O)O)c1O)B(O)O)c1csc(N)n1)C(=O)O. The summed E-state index contributed by atoms with van der Waals surface area (Å²) in [6.45, 7) is 2.39. The highest BCUT2D eigenvalue weighted by Crippen LogP contribution is 2.24. The molecule has 8 N–H and O–H groups in total. The Balaban J connectivity index is 0.00000578. The summed E-state index contributed by atoms with van der Waals surface area (Å²) in [5.74, 6) is -5.80.